The topological polar surface area (TPSA) is 60.9 Å². The third kappa shape index (κ3) is 4.39. The predicted octanol–water partition coefficient (Wildman–Crippen LogP) is 2.02. The van der Waals surface area contributed by atoms with Gasteiger partial charge in [-0.1, -0.05) is 26.0 Å². The molecule has 0 aromatic heterocycles. The number of rotatable bonds is 4. The SMILES string of the molecule is C[C@H]1C[C@H](C)CN(C(=O)[C@@H](C)N2CCN(S(=O)(=O)c3ccccc3F)CC2)C1. The van der Waals surface area contributed by atoms with Crippen molar-refractivity contribution in [3.63, 3.8) is 0 Å². The number of piperazine rings is 1. The van der Waals surface area contributed by atoms with Crippen molar-refractivity contribution in [2.75, 3.05) is 39.3 Å². The standard InChI is InChI=1S/C20H30FN3O3S/c1-15-12-16(2)14-23(13-15)20(25)17(3)22-8-10-24(11-9-22)28(26,27)19-7-5-4-6-18(19)21/h4-7,15-17H,8-14H2,1-3H3/t15-,16-,17+/m0/s1. The summed E-state index contributed by atoms with van der Waals surface area (Å²) in [5.41, 5.74) is 0. The molecule has 2 aliphatic heterocycles. The Kier molecular flexibility index (Phi) is 6.41. The maximum Gasteiger partial charge on any atom is 0.246 e. The zero-order valence-electron chi connectivity index (χ0n) is 16.8. The van der Waals surface area contributed by atoms with E-state index in [2.05, 4.69) is 13.8 Å². The molecule has 0 aliphatic carbocycles. The van der Waals surface area contributed by atoms with E-state index in [9.17, 15) is 17.6 Å². The quantitative estimate of drug-likeness (QED) is 0.761. The molecule has 2 fully saturated rings. The Labute approximate surface area is 167 Å². The number of hydrogen-bond donors (Lipinski definition) is 0. The number of sulfonamides is 1. The molecule has 0 spiro atoms. The monoisotopic (exact) mass is 411 g/mol. The summed E-state index contributed by atoms with van der Waals surface area (Å²) < 4.78 is 40.7. The molecule has 6 nitrogen and oxygen atoms in total. The van der Waals surface area contributed by atoms with Crippen LogP contribution in [0.15, 0.2) is 29.2 Å². The number of hydrogen-bond acceptors (Lipinski definition) is 4. The summed E-state index contributed by atoms with van der Waals surface area (Å²) in [7, 11) is -3.86. The molecule has 3 atom stereocenters. The second-order valence-electron chi connectivity index (χ2n) is 8.24. The van der Waals surface area contributed by atoms with Crippen molar-refractivity contribution in [3.05, 3.63) is 30.1 Å². The molecule has 2 saturated heterocycles. The predicted molar refractivity (Wildman–Crippen MR) is 106 cm³/mol. The summed E-state index contributed by atoms with van der Waals surface area (Å²) in [5.74, 6) is 0.385. The molecule has 2 heterocycles. The summed E-state index contributed by atoms with van der Waals surface area (Å²) >= 11 is 0. The van der Waals surface area contributed by atoms with Gasteiger partial charge in [0.05, 0.1) is 6.04 Å². The summed E-state index contributed by atoms with van der Waals surface area (Å²) in [5, 5.41) is 0. The molecular formula is C20H30FN3O3S. The van der Waals surface area contributed by atoms with E-state index >= 15 is 0 Å². The number of likely N-dealkylation sites (tertiary alicyclic amines) is 1. The molecular weight excluding hydrogens is 381 g/mol. The fraction of sp³-hybridized carbons (Fsp3) is 0.650. The maximum absolute atomic E-state index is 14.0. The molecule has 0 bridgehead atoms. The lowest BCUT2D eigenvalue weighted by Crippen LogP contribution is -2.56. The average molecular weight is 412 g/mol. The highest BCUT2D eigenvalue weighted by atomic mass is 32.2. The van der Waals surface area contributed by atoms with Gasteiger partial charge in [0.1, 0.15) is 10.7 Å². The van der Waals surface area contributed by atoms with E-state index in [1.54, 1.807) is 0 Å². The van der Waals surface area contributed by atoms with Gasteiger partial charge in [-0.2, -0.15) is 4.31 Å². The lowest BCUT2D eigenvalue weighted by atomic mass is 9.91. The number of amides is 1. The van der Waals surface area contributed by atoms with Crippen LogP contribution in [-0.2, 0) is 14.8 Å². The number of benzene rings is 1. The molecule has 28 heavy (non-hydrogen) atoms. The zero-order valence-corrected chi connectivity index (χ0v) is 17.7. The Bertz CT molecular complexity index is 799. The average Bonchev–Trinajstić information content (AvgIpc) is 2.66. The summed E-state index contributed by atoms with van der Waals surface area (Å²) in [6.45, 7) is 9.23. The lowest BCUT2D eigenvalue weighted by molar-refractivity contribution is -0.139. The number of nitrogens with zero attached hydrogens (tertiary/aromatic N) is 3. The summed E-state index contributed by atoms with van der Waals surface area (Å²) in [6.07, 6.45) is 1.14. The highest BCUT2D eigenvalue weighted by Crippen LogP contribution is 2.24. The third-order valence-corrected chi connectivity index (χ3v) is 7.75. The Balaban J connectivity index is 1.62. The molecule has 2 aliphatic rings. The summed E-state index contributed by atoms with van der Waals surface area (Å²) in [4.78, 5) is 16.6. The molecule has 0 radical (unpaired) electrons. The summed E-state index contributed by atoms with van der Waals surface area (Å²) in [6, 6.07) is 5.16. The fourth-order valence-corrected chi connectivity index (χ4v) is 5.87. The normalized spacial score (nSPS) is 26.2. The third-order valence-electron chi connectivity index (χ3n) is 5.81. The van der Waals surface area contributed by atoms with Gasteiger partial charge in [-0.05, 0) is 37.3 Å². The van der Waals surface area contributed by atoms with Crippen molar-refractivity contribution in [3.8, 4) is 0 Å². The van der Waals surface area contributed by atoms with E-state index < -0.39 is 15.8 Å². The highest BCUT2D eigenvalue weighted by molar-refractivity contribution is 7.89. The van der Waals surface area contributed by atoms with E-state index in [0.717, 1.165) is 25.6 Å². The van der Waals surface area contributed by atoms with Crippen molar-refractivity contribution in [1.82, 2.24) is 14.1 Å². The second-order valence-corrected chi connectivity index (χ2v) is 10.1. The number of carbonyl (C=O) groups is 1. The molecule has 1 aromatic carbocycles. The zero-order chi connectivity index (χ0) is 20.5. The number of piperidine rings is 1. The first-order valence-corrected chi connectivity index (χ1v) is 11.4. The van der Waals surface area contributed by atoms with Crippen LogP contribution in [0.4, 0.5) is 4.39 Å². The van der Waals surface area contributed by atoms with Crippen molar-refractivity contribution < 1.29 is 17.6 Å². The largest absolute Gasteiger partial charge is 0.341 e. The Morgan fingerprint density at radius 1 is 1.07 bits per heavy atom. The van der Waals surface area contributed by atoms with Crippen molar-refractivity contribution >= 4 is 15.9 Å². The van der Waals surface area contributed by atoms with E-state index in [-0.39, 0.29) is 29.9 Å². The molecule has 3 rings (SSSR count). The molecule has 1 amide bonds. The molecule has 1 aromatic rings. The van der Waals surface area contributed by atoms with Crippen LogP contribution in [0.2, 0.25) is 0 Å². The number of carbonyl (C=O) groups excluding carboxylic acids is 1. The van der Waals surface area contributed by atoms with Gasteiger partial charge in [-0.3, -0.25) is 9.69 Å². The van der Waals surface area contributed by atoms with Crippen LogP contribution < -0.4 is 0 Å². The lowest BCUT2D eigenvalue weighted by Gasteiger charge is -2.41. The van der Waals surface area contributed by atoms with Crippen LogP contribution in [0, 0.1) is 17.7 Å². The first-order valence-electron chi connectivity index (χ1n) is 9.97. The van der Waals surface area contributed by atoms with E-state index in [1.165, 1.54) is 22.5 Å². The minimum Gasteiger partial charge on any atom is -0.341 e. The Hall–Kier alpha value is -1.51. The van der Waals surface area contributed by atoms with Gasteiger partial charge in [0.2, 0.25) is 15.9 Å². The minimum absolute atomic E-state index is 0.115. The van der Waals surface area contributed by atoms with Crippen LogP contribution in [0.1, 0.15) is 27.2 Å². The van der Waals surface area contributed by atoms with Gasteiger partial charge in [0.15, 0.2) is 0 Å². The Morgan fingerprint density at radius 2 is 1.64 bits per heavy atom. The van der Waals surface area contributed by atoms with Gasteiger partial charge in [0.25, 0.3) is 0 Å². The van der Waals surface area contributed by atoms with Crippen LogP contribution >= 0.6 is 0 Å². The highest BCUT2D eigenvalue weighted by Gasteiger charge is 2.35. The van der Waals surface area contributed by atoms with Gasteiger partial charge in [-0.25, -0.2) is 12.8 Å². The van der Waals surface area contributed by atoms with Gasteiger partial charge >= 0.3 is 0 Å². The van der Waals surface area contributed by atoms with E-state index in [0.29, 0.717) is 24.9 Å². The maximum atomic E-state index is 14.0. The van der Waals surface area contributed by atoms with Crippen molar-refractivity contribution in [1.29, 1.82) is 0 Å². The van der Waals surface area contributed by atoms with Crippen LogP contribution in [-0.4, -0.2) is 73.7 Å². The van der Waals surface area contributed by atoms with Crippen molar-refractivity contribution in [2.45, 2.75) is 38.1 Å². The molecule has 0 saturated carbocycles. The molecule has 8 heteroatoms. The smallest absolute Gasteiger partial charge is 0.246 e. The van der Waals surface area contributed by atoms with Crippen LogP contribution in [0.5, 0.6) is 0 Å². The molecule has 156 valence electrons. The second kappa shape index (κ2) is 8.47. The Morgan fingerprint density at radius 3 is 2.21 bits per heavy atom. The van der Waals surface area contributed by atoms with Crippen LogP contribution in [0.25, 0.3) is 0 Å². The molecule has 0 N–H and O–H groups in total. The van der Waals surface area contributed by atoms with Gasteiger partial charge < -0.3 is 4.90 Å². The molecule has 0 unspecified atom stereocenters. The van der Waals surface area contributed by atoms with Gasteiger partial charge in [-0.15, -0.1) is 0 Å². The van der Waals surface area contributed by atoms with E-state index in [4.69, 9.17) is 0 Å². The van der Waals surface area contributed by atoms with Crippen LogP contribution in [0.3, 0.4) is 0 Å². The van der Waals surface area contributed by atoms with Gasteiger partial charge in [0, 0.05) is 39.3 Å². The first kappa shape index (κ1) is 21.2. The minimum atomic E-state index is -3.86. The fourth-order valence-electron chi connectivity index (χ4n) is 4.39. The van der Waals surface area contributed by atoms with Crippen molar-refractivity contribution in [2.24, 2.45) is 11.8 Å². The first-order chi connectivity index (χ1) is 13.2. The van der Waals surface area contributed by atoms with E-state index in [1.807, 2.05) is 16.7 Å². The number of halogens is 1.